The zero-order valence-corrected chi connectivity index (χ0v) is 11.8. The van der Waals surface area contributed by atoms with Crippen LogP contribution < -0.4 is 0 Å². The Morgan fingerprint density at radius 2 is 1.94 bits per heavy atom. The lowest BCUT2D eigenvalue weighted by atomic mass is 9.99. The van der Waals surface area contributed by atoms with Crippen molar-refractivity contribution in [2.24, 2.45) is 0 Å². The molecule has 0 aromatic carbocycles. The second-order valence-corrected chi connectivity index (χ2v) is 7.14. The van der Waals surface area contributed by atoms with Crippen LogP contribution in [0.25, 0.3) is 0 Å². The Labute approximate surface area is 108 Å². The molecule has 0 aromatic heterocycles. The number of sulfonamides is 1. The quantitative estimate of drug-likeness (QED) is 0.692. The zero-order chi connectivity index (χ0) is 13.5. The van der Waals surface area contributed by atoms with Crippen LogP contribution in [0.2, 0.25) is 0 Å². The first kappa shape index (κ1) is 13.8. The summed E-state index contributed by atoms with van der Waals surface area (Å²) in [7, 11) is 0.238. The largest absolute Gasteiger partial charge is 0.363 e. The van der Waals surface area contributed by atoms with Gasteiger partial charge in [0.1, 0.15) is 6.10 Å². The van der Waals surface area contributed by atoms with Crippen LogP contribution in [0.4, 0.5) is 0 Å². The second kappa shape index (κ2) is 4.79. The molecule has 0 N–H and O–H groups in total. The van der Waals surface area contributed by atoms with Crippen molar-refractivity contribution in [3.8, 4) is 0 Å². The topological polar surface area (TPSA) is 66.9 Å². The van der Waals surface area contributed by atoms with Crippen LogP contribution in [0.1, 0.15) is 19.3 Å². The Balaban J connectivity index is 2.05. The van der Waals surface area contributed by atoms with Gasteiger partial charge in [0, 0.05) is 20.6 Å². The summed E-state index contributed by atoms with van der Waals surface area (Å²) in [5, 5.41) is 0. The van der Waals surface area contributed by atoms with E-state index in [4.69, 9.17) is 4.74 Å². The fraction of sp³-hybridized carbons (Fsp3) is 0.909. The highest BCUT2D eigenvalue weighted by Crippen LogP contribution is 2.33. The van der Waals surface area contributed by atoms with Crippen LogP contribution in [0.15, 0.2) is 0 Å². The summed E-state index contributed by atoms with van der Waals surface area (Å²) in [5.74, 6) is -0.0359. The number of likely N-dealkylation sites (N-methyl/N-ethyl adjacent to an activating group) is 1. The molecular weight excluding hydrogens is 256 g/mol. The van der Waals surface area contributed by atoms with Crippen molar-refractivity contribution in [3.63, 3.8) is 0 Å². The first-order chi connectivity index (χ1) is 8.30. The maximum Gasteiger partial charge on any atom is 0.251 e. The monoisotopic (exact) mass is 276 g/mol. The fourth-order valence-electron chi connectivity index (χ4n) is 2.77. The van der Waals surface area contributed by atoms with Crippen molar-refractivity contribution < 1.29 is 17.9 Å². The molecule has 2 saturated heterocycles. The molecule has 2 aliphatic heterocycles. The predicted molar refractivity (Wildman–Crippen MR) is 66.5 cm³/mol. The SMILES string of the molecule is CN(C)C(=O)[C@@H]1CC[C@H]2[C@H](CCN2S(C)(=O)=O)O1. The molecule has 7 heteroatoms. The van der Waals surface area contributed by atoms with Crippen LogP contribution in [0.3, 0.4) is 0 Å². The molecule has 0 aromatic rings. The van der Waals surface area contributed by atoms with Gasteiger partial charge >= 0.3 is 0 Å². The van der Waals surface area contributed by atoms with Crippen molar-refractivity contribution in [1.29, 1.82) is 0 Å². The maximum absolute atomic E-state index is 11.8. The van der Waals surface area contributed by atoms with E-state index in [-0.39, 0.29) is 18.1 Å². The van der Waals surface area contributed by atoms with Crippen molar-refractivity contribution >= 4 is 15.9 Å². The van der Waals surface area contributed by atoms with E-state index in [1.54, 1.807) is 14.1 Å². The van der Waals surface area contributed by atoms with Crippen molar-refractivity contribution in [2.75, 3.05) is 26.9 Å². The first-order valence-corrected chi connectivity index (χ1v) is 7.99. The van der Waals surface area contributed by atoms with Gasteiger partial charge in [-0.05, 0) is 19.3 Å². The highest BCUT2D eigenvalue weighted by Gasteiger charge is 2.45. The average molecular weight is 276 g/mol. The third-order valence-corrected chi connectivity index (χ3v) is 4.94. The fourth-order valence-corrected chi connectivity index (χ4v) is 3.94. The van der Waals surface area contributed by atoms with E-state index in [0.29, 0.717) is 25.8 Å². The number of ether oxygens (including phenoxy) is 1. The smallest absolute Gasteiger partial charge is 0.251 e. The third kappa shape index (κ3) is 2.53. The summed E-state index contributed by atoms with van der Waals surface area (Å²) in [5.41, 5.74) is 0. The van der Waals surface area contributed by atoms with Gasteiger partial charge < -0.3 is 9.64 Å². The molecule has 0 radical (unpaired) electrons. The summed E-state index contributed by atoms with van der Waals surface area (Å²) in [6.07, 6.45) is 2.64. The van der Waals surface area contributed by atoms with E-state index in [1.165, 1.54) is 15.5 Å². The number of hydrogen-bond donors (Lipinski definition) is 0. The number of fused-ring (bicyclic) bond motifs is 1. The minimum absolute atomic E-state index is 0.0359. The Kier molecular flexibility index (Phi) is 3.66. The van der Waals surface area contributed by atoms with Crippen LogP contribution in [0.5, 0.6) is 0 Å². The summed E-state index contributed by atoms with van der Waals surface area (Å²) in [4.78, 5) is 13.4. The number of carbonyl (C=O) groups is 1. The zero-order valence-electron chi connectivity index (χ0n) is 11.0. The van der Waals surface area contributed by atoms with Gasteiger partial charge in [-0.1, -0.05) is 0 Å². The minimum Gasteiger partial charge on any atom is -0.363 e. The van der Waals surface area contributed by atoms with E-state index >= 15 is 0 Å². The minimum atomic E-state index is -3.17. The van der Waals surface area contributed by atoms with Gasteiger partial charge in [-0.25, -0.2) is 8.42 Å². The summed E-state index contributed by atoms with van der Waals surface area (Å²) >= 11 is 0. The van der Waals surface area contributed by atoms with Gasteiger partial charge in [0.2, 0.25) is 10.0 Å². The molecule has 2 heterocycles. The molecule has 0 unspecified atom stereocenters. The van der Waals surface area contributed by atoms with Crippen molar-refractivity contribution in [2.45, 2.75) is 37.5 Å². The van der Waals surface area contributed by atoms with E-state index < -0.39 is 16.1 Å². The summed E-state index contributed by atoms with van der Waals surface area (Å²) in [6.45, 7) is 0.497. The molecule has 2 aliphatic rings. The van der Waals surface area contributed by atoms with E-state index in [9.17, 15) is 13.2 Å². The number of amides is 1. The Morgan fingerprint density at radius 1 is 1.28 bits per heavy atom. The Hall–Kier alpha value is -0.660. The Morgan fingerprint density at radius 3 is 2.50 bits per heavy atom. The van der Waals surface area contributed by atoms with Crippen molar-refractivity contribution in [1.82, 2.24) is 9.21 Å². The van der Waals surface area contributed by atoms with Gasteiger partial charge in [0.15, 0.2) is 0 Å². The van der Waals surface area contributed by atoms with E-state index in [2.05, 4.69) is 0 Å². The molecular formula is C11H20N2O4S. The van der Waals surface area contributed by atoms with Crippen LogP contribution in [-0.4, -0.2) is 68.7 Å². The number of rotatable bonds is 2. The number of hydrogen-bond acceptors (Lipinski definition) is 4. The van der Waals surface area contributed by atoms with Gasteiger partial charge in [-0.3, -0.25) is 4.79 Å². The van der Waals surface area contributed by atoms with Crippen LogP contribution >= 0.6 is 0 Å². The molecule has 0 aliphatic carbocycles. The molecule has 18 heavy (non-hydrogen) atoms. The maximum atomic E-state index is 11.8. The van der Waals surface area contributed by atoms with Gasteiger partial charge in [0.25, 0.3) is 5.91 Å². The molecule has 3 atom stereocenters. The molecule has 0 saturated carbocycles. The molecule has 2 rings (SSSR count). The second-order valence-electron chi connectivity index (χ2n) is 5.20. The van der Waals surface area contributed by atoms with E-state index in [0.717, 1.165) is 0 Å². The van der Waals surface area contributed by atoms with Gasteiger partial charge in [-0.15, -0.1) is 0 Å². The lowest BCUT2D eigenvalue weighted by Crippen LogP contribution is -2.48. The standard InChI is InChI=1S/C11H20N2O4S/c1-12(2)11(14)10-5-4-8-9(17-10)6-7-13(8)18(3,15)16/h8-10H,4-7H2,1-3H3/t8-,9-,10-/m0/s1. The third-order valence-electron chi connectivity index (χ3n) is 3.64. The molecule has 0 bridgehead atoms. The normalized spacial score (nSPS) is 33.2. The van der Waals surface area contributed by atoms with Crippen LogP contribution in [-0.2, 0) is 19.6 Å². The molecule has 2 fully saturated rings. The highest BCUT2D eigenvalue weighted by atomic mass is 32.2. The highest BCUT2D eigenvalue weighted by molar-refractivity contribution is 7.88. The van der Waals surface area contributed by atoms with Crippen LogP contribution in [0, 0.1) is 0 Å². The molecule has 6 nitrogen and oxygen atoms in total. The Bertz CT molecular complexity index is 434. The number of carbonyl (C=O) groups excluding carboxylic acids is 1. The number of nitrogens with zero attached hydrogens (tertiary/aromatic N) is 2. The first-order valence-electron chi connectivity index (χ1n) is 6.14. The lowest BCUT2D eigenvalue weighted by molar-refractivity contribution is -0.151. The average Bonchev–Trinajstić information content (AvgIpc) is 2.69. The lowest BCUT2D eigenvalue weighted by Gasteiger charge is -2.35. The molecule has 104 valence electrons. The summed E-state index contributed by atoms with van der Waals surface area (Å²) < 4.78 is 30.5. The van der Waals surface area contributed by atoms with Gasteiger partial charge in [-0.2, -0.15) is 4.31 Å². The summed E-state index contributed by atoms with van der Waals surface area (Å²) in [6, 6.07) is -0.0915. The van der Waals surface area contributed by atoms with Crippen molar-refractivity contribution in [3.05, 3.63) is 0 Å². The van der Waals surface area contributed by atoms with E-state index in [1.807, 2.05) is 0 Å². The molecule has 0 spiro atoms. The molecule has 1 amide bonds. The predicted octanol–water partition coefficient (Wildman–Crippen LogP) is -0.344. The van der Waals surface area contributed by atoms with Gasteiger partial charge in [0.05, 0.1) is 18.4 Å².